The zero-order valence-electron chi connectivity index (χ0n) is 5.86. The zero-order chi connectivity index (χ0) is 7.52. The topological polar surface area (TPSA) is 45.6 Å². The highest BCUT2D eigenvalue weighted by Crippen LogP contribution is 1.96. The molecule has 2 N–H and O–H groups in total. The van der Waals surface area contributed by atoms with Crippen LogP contribution in [0.3, 0.4) is 0 Å². The second kappa shape index (κ2) is 2.49. The zero-order valence-corrected chi connectivity index (χ0v) is 5.86. The predicted octanol–water partition coefficient (Wildman–Crippen LogP) is 1.09. The summed E-state index contributed by atoms with van der Waals surface area (Å²) in [6, 6.07) is 3.88. The van der Waals surface area contributed by atoms with Crippen molar-refractivity contribution < 1.29 is 0 Å². The van der Waals surface area contributed by atoms with Crippen LogP contribution in [0.2, 0.25) is 0 Å². The summed E-state index contributed by atoms with van der Waals surface area (Å²) in [7, 11) is 0. The Morgan fingerprint density at radius 3 is 2.82 bits per heavy atom. The molecular formula is C7H8N4. The van der Waals surface area contributed by atoms with Crippen LogP contribution in [0.5, 0.6) is 0 Å². The molecule has 4 nitrogen and oxygen atoms in total. The minimum atomic E-state index is 0.737. The van der Waals surface area contributed by atoms with Gasteiger partial charge in [-0.15, -0.1) is 0 Å². The highest BCUT2D eigenvalue weighted by molar-refractivity contribution is 5.22. The summed E-state index contributed by atoms with van der Waals surface area (Å²) in [4.78, 5) is 6.94. The van der Waals surface area contributed by atoms with Crippen LogP contribution in [0.4, 0.5) is 5.95 Å². The number of hydrogen-bond donors (Lipinski definition) is 2. The minimum Gasteiger partial charge on any atom is -0.330 e. The van der Waals surface area contributed by atoms with Crippen molar-refractivity contribution in [2.75, 3.05) is 5.43 Å². The van der Waals surface area contributed by atoms with E-state index in [-0.39, 0.29) is 0 Å². The lowest BCUT2D eigenvalue weighted by Crippen LogP contribution is -2.06. The van der Waals surface area contributed by atoms with Crippen LogP contribution in [-0.4, -0.2) is 14.6 Å². The third-order valence-electron chi connectivity index (χ3n) is 1.34. The van der Waals surface area contributed by atoms with Crippen LogP contribution < -0.4 is 5.43 Å². The summed E-state index contributed by atoms with van der Waals surface area (Å²) < 4.78 is 1.82. The Kier molecular flexibility index (Phi) is 1.37. The summed E-state index contributed by atoms with van der Waals surface area (Å²) in [6.45, 7) is 0. The lowest BCUT2D eigenvalue weighted by molar-refractivity contribution is 0.941. The van der Waals surface area contributed by atoms with E-state index < -0.39 is 0 Å². The van der Waals surface area contributed by atoms with Crippen molar-refractivity contribution >= 4 is 5.95 Å². The van der Waals surface area contributed by atoms with Crippen molar-refractivity contribution in [3.63, 3.8) is 0 Å². The van der Waals surface area contributed by atoms with Crippen LogP contribution in [0.25, 0.3) is 0 Å². The molecule has 0 saturated carbocycles. The molecular weight excluding hydrogens is 140 g/mol. The Bertz CT molecular complexity index is 263. The van der Waals surface area contributed by atoms with Crippen molar-refractivity contribution in [3.8, 4) is 0 Å². The van der Waals surface area contributed by atoms with Gasteiger partial charge in [-0.2, -0.15) is 0 Å². The fourth-order valence-electron chi connectivity index (χ4n) is 0.858. The third kappa shape index (κ3) is 1.24. The Morgan fingerprint density at radius 1 is 1.36 bits per heavy atom. The van der Waals surface area contributed by atoms with Gasteiger partial charge in [0.25, 0.3) is 0 Å². The molecule has 2 aromatic heterocycles. The first kappa shape index (κ1) is 6.03. The van der Waals surface area contributed by atoms with Crippen molar-refractivity contribution in [3.05, 3.63) is 36.9 Å². The van der Waals surface area contributed by atoms with Gasteiger partial charge in [-0.25, -0.2) is 4.98 Å². The van der Waals surface area contributed by atoms with E-state index in [4.69, 9.17) is 0 Å². The summed E-state index contributed by atoms with van der Waals surface area (Å²) in [5, 5.41) is 0. The number of aromatic nitrogens is 3. The molecule has 0 bridgehead atoms. The average molecular weight is 148 g/mol. The first-order chi connectivity index (χ1) is 5.45. The van der Waals surface area contributed by atoms with Crippen molar-refractivity contribution in [2.24, 2.45) is 0 Å². The van der Waals surface area contributed by atoms with Gasteiger partial charge in [0.15, 0.2) is 0 Å². The third-order valence-corrected chi connectivity index (χ3v) is 1.34. The van der Waals surface area contributed by atoms with Crippen LogP contribution in [0.1, 0.15) is 0 Å². The van der Waals surface area contributed by atoms with Gasteiger partial charge in [-0.3, -0.25) is 10.1 Å². The quantitative estimate of drug-likeness (QED) is 0.669. The number of anilines is 1. The maximum atomic E-state index is 4.00. The van der Waals surface area contributed by atoms with Gasteiger partial charge in [0.1, 0.15) is 0 Å². The maximum absolute atomic E-state index is 4.00. The summed E-state index contributed by atoms with van der Waals surface area (Å²) in [5.41, 5.74) is 3.01. The maximum Gasteiger partial charge on any atom is 0.219 e. The van der Waals surface area contributed by atoms with Gasteiger partial charge >= 0.3 is 0 Å². The summed E-state index contributed by atoms with van der Waals surface area (Å²) >= 11 is 0. The molecule has 2 rings (SSSR count). The van der Waals surface area contributed by atoms with E-state index >= 15 is 0 Å². The van der Waals surface area contributed by atoms with E-state index in [1.807, 2.05) is 29.2 Å². The molecule has 0 saturated heterocycles. The first-order valence-corrected chi connectivity index (χ1v) is 3.34. The molecule has 0 radical (unpaired) electrons. The van der Waals surface area contributed by atoms with E-state index in [1.54, 1.807) is 12.4 Å². The van der Waals surface area contributed by atoms with Crippen LogP contribution in [0, 0.1) is 0 Å². The second-order valence-electron chi connectivity index (χ2n) is 2.14. The fraction of sp³-hybridized carbons (Fsp3) is 0. The van der Waals surface area contributed by atoms with Gasteiger partial charge in [0, 0.05) is 24.8 Å². The molecule has 4 heteroatoms. The van der Waals surface area contributed by atoms with Gasteiger partial charge in [-0.1, -0.05) is 0 Å². The molecule has 0 aromatic carbocycles. The average Bonchev–Trinajstić information content (AvgIpc) is 2.60. The number of rotatable bonds is 2. The molecule has 0 aliphatic rings. The van der Waals surface area contributed by atoms with Gasteiger partial charge in [0.2, 0.25) is 5.95 Å². The Morgan fingerprint density at radius 2 is 2.18 bits per heavy atom. The van der Waals surface area contributed by atoms with Crippen LogP contribution in [-0.2, 0) is 0 Å². The van der Waals surface area contributed by atoms with Crippen LogP contribution in [0.15, 0.2) is 36.9 Å². The van der Waals surface area contributed by atoms with E-state index in [0.717, 1.165) is 5.95 Å². The van der Waals surface area contributed by atoms with E-state index in [2.05, 4.69) is 15.4 Å². The smallest absolute Gasteiger partial charge is 0.219 e. The SMILES string of the molecule is c1ccn(Nc2ncc[nH]2)c1. The Balaban J connectivity index is 2.14. The molecule has 56 valence electrons. The molecule has 11 heavy (non-hydrogen) atoms. The van der Waals surface area contributed by atoms with E-state index in [9.17, 15) is 0 Å². The monoisotopic (exact) mass is 148 g/mol. The number of imidazole rings is 1. The lowest BCUT2D eigenvalue weighted by Gasteiger charge is -2.01. The molecule has 0 aliphatic heterocycles. The fourth-order valence-corrected chi connectivity index (χ4v) is 0.858. The number of aromatic amines is 1. The minimum absolute atomic E-state index is 0.737. The normalized spacial score (nSPS) is 9.82. The molecule has 0 fully saturated rings. The Hall–Kier alpha value is -1.71. The molecule has 0 amide bonds. The molecule has 0 spiro atoms. The predicted molar refractivity (Wildman–Crippen MR) is 42.0 cm³/mol. The van der Waals surface area contributed by atoms with Crippen LogP contribution >= 0.6 is 0 Å². The standard InChI is InChI=1S/C7H8N4/c1-2-6-11(5-1)10-7-8-3-4-9-7/h1-6H,(H2,8,9,10). The second-order valence-corrected chi connectivity index (χ2v) is 2.14. The lowest BCUT2D eigenvalue weighted by atomic mass is 10.7. The van der Waals surface area contributed by atoms with Gasteiger partial charge in [-0.05, 0) is 12.1 Å². The van der Waals surface area contributed by atoms with Gasteiger partial charge < -0.3 is 4.98 Å². The molecule has 0 atom stereocenters. The van der Waals surface area contributed by atoms with Gasteiger partial charge in [0.05, 0.1) is 0 Å². The number of nitrogens with one attached hydrogen (secondary N) is 2. The van der Waals surface area contributed by atoms with Crippen molar-refractivity contribution in [1.29, 1.82) is 0 Å². The Labute approximate surface area is 63.9 Å². The molecule has 2 aromatic rings. The largest absolute Gasteiger partial charge is 0.330 e. The highest BCUT2D eigenvalue weighted by Gasteiger charge is 1.90. The first-order valence-electron chi connectivity index (χ1n) is 3.34. The molecule has 0 unspecified atom stereocenters. The highest BCUT2D eigenvalue weighted by atomic mass is 15.4. The number of hydrogen-bond acceptors (Lipinski definition) is 2. The number of H-pyrrole nitrogens is 1. The van der Waals surface area contributed by atoms with Crippen molar-refractivity contribution in [2.45, 2.75) is 0 Å². The van der Waals surface area contributed by atoms with Crippen molar-refractivity contribution in [1.82, 2.24) is 14.6 Å². The van der Waals surface area contributed by atoms with E-state index in [1.165, 1.54) is 0 Å². The number of nitrogens with zero attached hydrogens (tertiary/aromatic N) is 2. The van der Waals surface area contributed by atoms with E-state index in [0.29, 0.717) is 0 Å². The summed E-state index contributed by atoms with van der Waals surface area (Å²) in [5.74, 6) is 0.737. The summed E-state index contributed by atoms with van der Waals surface area (Å²) in [6.07, 6.45) is 7.28. The molecule has 0 aliphatic carbocycles. The molecule has 2 heterocycles.